The van der Waals surface area contributed by atoms with Crippen LogP contribution in [0.3, 0.4) is 0 Å². The van der Waals surface area contributed by atoms with Crippen LogP contribution in [0, 0.1) is 9.62 Å². The molecule has 0 spiro atoms. The van der Waals surface area contributed by atoms with Crippen LogP contribution in [0.1, 0.15) is 6.42 Å². The Balaban J connectivity index is 2.08. The smallest absolute Gasteiger partial charge is 0.229 e. The van der Waals surface area contributed by atoms with E-state index in [-0.39, 0.29) is 18.9 Å². The molecular formula is C10H9IN6O2. The molecule has 3 N–H and O–H groups in total. The monoisotopic (exact) mass is 372 g/mol. The fourth-order valence-corrected chi connectivity index (χ4v) is 2.72. The molecule has 19 heavy (non-hydrogen) atoms. The van der Waals surface area contributed by atoms with Crippen LogP contribution >= 0.6 is 22.6 Å². The first-order chi connectivity index (χ1) is 9.08. The van der Waals surface area contributed by atoms with Crippen molar-refractivity contribution in [3.8, 4) is 0 Å². The molecule has 2 amide bonds. The Bertz CT molecular complexity index is 684. The number of carbonyl (C=O) groups is 2. The molecule has 2 aromatic heterocycles. The van der Waals surface area contributed by atoms with Crippen LogP contribution in [-0.4, -0.2) is 38.5 Å². The molecule has 98 valence electrons. The van der Waals surface area contributed by atoms with E-state index >= 15 is 0 Å². The molecule has 2 aromatic rings. The topological polar surface area (TPSA) is 118 Å². The predicted molar refractivity (Wildman–Crippen MR) is 74.1 cm³/mol. The van der Waals surface area contributed by atoms with Gasteiger partial charge in [-0.15, -0.1) is 0 Å². The van der Waals surface area contributed by atoms with Crippen molar-refractivity contribution in [2.75, 3.05) is 11.4 Å². The van der Waals surface area contributed by atoms with Gasteiger partial charge in [0.25, 0.3) is 0 Å². The number of hydrogen-bond donors (Lipinski definition) is 2. The van der Waals surface area contributed by atoms with Crippen LogP contribution in [0.15, 0.2) is 6.33 Å². The second-order valence-corrected chi connectivity index (χ2v) is 5.32. The molecule has 3 rings (SSSR count). The summed E-state index contributed by atoms with van der Waals surface area (Å²) >= 11 is 2.06. The van der Waals surface area contributed by atoms with Crippen LogP contribution in [0.2, 0.25) is 0 Å². The molecule has 1 aliphatic rings. The molecule has 1 saturated heterocycles. The zero-order chi connectivity index (χ0) is 13.6. The summed E-state index contributed by atoms with van der Waals surface area (Å²) in [5.74, 6) is -0.636. The molecule has 8 nitrogen and oxygen atoms in total. The summed E-state index contributed by atoms with van der Waals surface area (Å²) in [7, 11) is 0. The molecule has 3 heterocycles. The highest BCUT2D eigenvalue weighted by atomic mass is 127. The maximum atomic E-state index is 12.0. The van der Waals surface area contributed by atoms with E-state index in [1.807, 2.05) is 0 Å². The molecule has 0 radical (unpaired) electrons. The number of rotatable bonds is 2. The maximum absolute atomic E-state index is 12.0. The Morgan fingerprint density at radius 2 is 2.32 bits per heavy atom. The number of nitrogens with one attached hydrogen (secondary N) is 1. The van der Waals surface area contributed by atoms with Crippen molar-refractivity contribution >= 4 is 51.3 Å². The number of halogens is 1. The van der Waals surface area contributed by atoms with Gasteiger partial charge in [0.2, 0.25) is 11.8 Å². The van der Waals surface area contributed by atoms with Crippen LogP contribution < -0.4 is 10.6 Å². The minimum Gasteiger partial charge on any atom is -0.369 e. The number of aromatic nitrogens is 4. The molecular weight excluding hydrogens is 363 g/mol. The van der Waals surface area contributed by atoms with Crippen molar-refractivity contribution in [3.05, 3.63) is 10.0 Å². The zero-order valence-electron chi connectivity index (χ0n) is 9.63. The van der Waals surface area contributed by atoms with E-state index in [9.17, 15) is 9.59 Å². The maximum Gasteiger partial charge on any atom is 0.229 e. The quantitative estimate of drug-likeness (QED) is 0.708. The van der Waals surface area contributed by atoms with Gasteiger partial charge in [-0.05, 0) is 22.6 Å². The third-order valence-electron chi connectivity index (χ3n) is 3.07. The van der Waals surface area contributed by atoms with Crippen molar-refractivity contribution in [1.82, 2.24) is 20.2 Å². The van der Waals surface area contributed by atoms with Gasteiger partial charge in [0.1, 0.15) is 10.0 Å². The Hall–Kier alpha value is -1.78. The number of amides is 2. The second kappa shape index (κ2) is 4.40. The van der Waals surface area contributed by atoms with Gasteiger partial charge in [-0.3, -0.25) is 19.6 Å². The summed E-state index contributed by atoms with van der Waals surface area (Å²) in [6, 6.07) is 0. The SMILES string of the molecule is NC(=O)C1CC(=O)N(c2ncnc3n[nH]c(I)c23)C1. The number of aromatic amines is 1. The van der Waals surface area contributed by atoms with E-state index in [1.165, 1.54) is 11.2 Å². The van der Waals surface area contributed by atoms with Crippen molar-refractivity contribution in [2.24, 2.45) is 11.7 Å². The first kappa shape index (κ1) is 12.3. The van der Waals surface area contributed by atoms with Crippen LogP contribution in [0.4, 0.5) is 5.82 Å². The van der Waals surface area contributed by atoms with Crippen molar-refractivity contribution in [3.63, 3.8) is 0 Å². The molecule has 1 fully saturated rings. The van der Waals surface area contributed by atoms with Gasteiger partial charge in [0.05, 0.1) is 11.3 Å². The first-order valence-electron chi connectivity index (χ1n) is 5.52. The number of hydrogen-bond acceptors (Lipinski definition) is 5. The Labute approximate surface area is 120 Å². The lowest BCUT2D eigenvalue weighted by molar-refractivity contribution is -0.123. The normalized spacial score (nSPS) is 19.3. The van der Waals surface area contributed by atoms with Crippen LogP contribution in [-0.2, 0) is 9.59 Å². The molecule has 1 aliphatic heterocycles. The van der Waals surface area contributed by atoms with E-state index in [1.54, 1.807) is 0 Å². The summed E-state index contributed by atoms with van der Waals surface area (Å²) in [6.07, 6.45) is 1.47. The molecule has 0 aliphatic carbocycles. The highest BCUT2D eigenvalue weighted by Crippen LogP contribution is 2.30. The molecule has 1 atom stereocenters. The molecule has 0 aromatic carbocycles. The number of nitrogens with two attached hydrogens (primary N) is 1. The Kier molecular flexibility index (Phi) is 2.84. The van der Waals surface area contributed by atoms with Crippen LogP contribution in [0.5, 0.6) is 0 Å². The van der Waals surface area contributed by atoms with Crippen LogP contribution in [0.25, 0.3) is 11.0 Å². The Morgan fingerprint density at radius 1 is 1.53 bits per heavy atom. The van der Waals surface area contributed by atoms with E-state index in [0.717, 1.165) is 3.70 Å². The average Bonchev–Trinajstić information content (AvgIpc) is 2.94. The number of nitrogens with zero attached hydrogens (tertiary/aromatic N) is 4. The molecule has 0 bridgehead atoms. The lowest BCUT2D eigenvalue weighted by Gasteiger charge is -2.15. The third-order valence-corrected chi connectivity index (χ3v) is 3.85. The number of fused-ring (bicyclic) bond motifs is 1. The van der Waals surface area contributed by atoms with Gasteiger partial charge in [-0.1, -0.05) is 0 Å². The molecule has 0 saturated carbocycles. The van der Waals surface area contributed by atoms with Gasteiger partial charge in [0.15, 0.2) is 11.5 Å². The van der Waals surface area contributed by atoms with E-state index in [0.29, 0.717) is 16.9 Å². The summed E-state index contributed by atoms with van der Waals surface area (Å²) < 4.78 is 0.749. The van der Waals surface area contributed by atoms with Crippen molar-refractivity contribution < 1.29 is 9.59 Å². The minimum absolute atomic E-state index is 0.120. The summed E-state index contributed by atoms with van der Waals surface area (Å²) in [5.41, 5.74) is 5.74. The number of primary amides is 1. The van der Waals surface area contributed by atoms with Gasteiger partial charge in [0, 0.05) is 13.0 Å². The third kappa shape index (κ3) is 1.93. The molecule has 1 unspecified atom stereocenters. The summed E-state index contributed by atoms with van der Waals surface area (Å²) in [4.78, 5) is 32.8. The van der Waals surface area contributed by atoms with E-state index in [4.69, 9.17) is 5.73 Å². The lowest BCUT2D eigenvalue weighted by Crippen LogP contribution is -2.29. The van der Waals surface area contributed by atoms with Crippen molar-refractivity contribution in [2.45, 2.75) is 6.42 Å². The summed E-state index contributed by atoms with van der Waals surface area (Å²) in [5, 5.41) is 7.49. The highest BCUT2D eigenvalue weighted by molar-refractivity contribution is 14.1. The fourth-order valence-electron chi connectivity index (χ4n) is 2.11. The standard InChI is InChI=1S/C10H9IN6O2/c11-7-6-9(16-15-7)13-3-14-10(6)17-2-4(8(12)19)1-5(17)18/h3-4H,1-2H2,(H2,12,19)(H,13,14,15,16). The fraction of sp³-hybridized carbons (Fsp3) is 0.300. The number of carbonyl (C=O) groups excluding carboxylic acids is 2. The van der Waals surface area contributed by atoms with Gasteiger partial charge in [-0.25, -0.2) is 9.97 Å². The first-order valence-corrected chi connectivity index (χ1v) is 6.60. The van der Waals surface area contributed by atoms with E-state index < -0.39 is 11.8 Å². The van der Waals surface area contributed by atoms with Gasteiger partial charge in [-0.2, -0.15) is 5.10 Å². The summed E-state index contributed by atoms with van der Waals surface area (Å²) in [6.45, 7) is 0.252. The predicted octanol–water partition coefficient (Wildman–Crippen LogP) is -0.204. The Morgan fingerprint density at radius 3 is 3.00 bits per heavy atom. The largest absolute Gasteiger partial charge is 0.369 e. The lowest BCUT2D eigenvalue weighted by atomic mass is 10.1. The second-order valence-electron chi connectivity index (χ2n) is 4.24. The van der Waals surface area contributed by atoms with E-state index in [2.05, 4.69) is 42.8 Å². The number of anilines is 1. The number of H-pyrrole nitrogens is 1. The molecule has 9 heteroatoms. The average molecular weight is 372 g/mol. The van der Waals surface area contributed by atoms with Gasteiger partial charge < -0.3 is 5.73 Å². The van der Waals surface area contributed by atoms with Crippen molar-refractivity contribution in [1.29, 1.82) is 0 Å². The highest BCUT2D eigenvalue weighted by Gasteiger charge is 2.36. The van der Waals surface area contributed by atoms with Gasteiger partial charge >= 0.3 is 0 Å². The minimum atomic E-state index is -0.470. The zero-order valence-corrected chi connectivity index (χ0v) is 11.8.